The van der Waals surface area contributed by atoms with Crippen LogP contribution in [0, 0.1) is 53.3 Å². The van der Waals surface area contributed by atoms with E-state index in [1.165, 1.54) is 225 Å². The van der Waals surface area contributed by atoms with Crippen molar-refractivity contribution < 1.29 is 0 Å². The third-order valence-electron chi connectivity index (χ3n) is 36.5. The number of allylic oxidation sites excluding steroid dienone is 10. The fraction of sp³-hybridized carbons (Fsp3) is 0.171. The molecule has 0 aliphatic heterocycles. The second kappa shape index (κ2) is 32.6. The van der Waals surface area contributed by atoms with Gasteiger partial charge in [-0.1, -0.05) is 389 Å². The molecule has 32 rings (SSSR count). The second-order valence-corrected chi connectivity index (χ2v) is 43.4. The monoisotopic (exact) mass is 1820 g/mol. The number of para-hydroxylation sites is 2. The minimum Gasteiger partial charge on any atom is -0.310 e. The van der Waals surface area contributed by atoms with E-state index >= 15 is 0 Å². The van der Waals surface area contributed by atoms with Crippen molar-refractivity contribution in [3.05, 3.63) is 511 Å². The molecule has 678 valence electrons. The lowest BCUT2D eigenvalue weighted by atomic mass is 9.42. The molecule has 0 aromatic heterocycles. The van der Waals surface area contributed by atoms with Crippen molar-refractivity contribution in [1.82, 2.24) is 0 Å². The number of hydrogen-bond donors (Lipinski definition) is 0. The summed E-state index contributed by atoms with van der Waals surface area (Å²) in [6, 6.07) is 163. The summed E-state index contributed by atoms with van der Waals surface area (Å²) in [5, 5.41) is 9.99. The lowest BCUT2D eigenvalue weighted by Gasteiger charge is -2.61. The van der Waals surface area contributed by atoms with Crippen LogP contribution in [0.1, 0.15) is 127 Å². The molecule has 13 aliphatic carbocycles. The quantitative estimate of drug-likeness (QED) is 0.0890. The Morgan fingerprint density at radius 3 is 1.42 bits per heavy atom. The van der Waals surface area contributed by atoms with Crippen molar-refractivity contribution in [2.45, 2.75) is 93.3 Å². The average molecular weight is 1820 g/mol. The molecule has 0 saturated heterocycles. The number of nitrogens with zero attached hydrogens (tertiary/aromatic N) is 2. The van der Waals surface area contributed by atoms with Crippen molar-refractivity contribution >= 4 is 93.9 Å². The van der Waals surface area contributed by atoms with Crippen molar-refractivity contribution in [2.75, 3.05) is 9.80 Å². The predicted octanol–water partition coefficient (Wildman–Crippen LogP) is 37.0. The summed E-state index contributed by atoms with van der Waals surface area (Å²) in [6.45, 7) is 0. The lowest BCUT2D eigenvalue weighted by molar-refractivity contribution is -0.0411. The molecule has 0 radical (unpaired) electrons. The van der Waals surface area contributed by atoms with E-state index in [1.54, 1.807) is 27.8 Å². The number of hydrogen-bond acceptors (Lipinski definition) is 2. The second-order valence-electron chi connectivity index (χ2n) is 43.4. The summed E-state index contributed by atoms with van der Waals surface area (Å²) in [6.07, 6.45) is 27.9. The van der Waals surface area contributed by atoms with E-state index in [-0.39, 0.29) is 22.7 Å². The minimum atomic E-state index is -0.0664. The topological polar surface area (TPSA) is 6.48 Å². The van der Waals surface area contributed by atoms with Crippen molar-refractivity contribution in [3.63, 3.8) is 0 Å². The molecule has 2 nitrogen and oxygen atoms in total. The normalized spacial score (nSPS) is 23.5. The molecule has 0 N–H and O–H groups in total. The van der Waals surface area contributed by atoms with Crippen LogP contribution in [-0.4, -0.2) is 0 Å². The van der Waals surface area contributed by atoms with Crippen LogP contribution < -0.4 is 9.80 Å². The van der Waals surface area contributed by atoms with Gasteiger partial charge in [0.05, 0.1) is 17.1 Å². The molecule has 2 heteroatoms. The third kappa shape index (κ3) is 12.7. The van der Waals surface area contributed by atoms with E-state index in [1.807, 2.05) is 0 Å². The molecule has 142 heavy (non-hydrogen) atoms. The molecule has 19 aromatic carbocycles. The molecule has 0 amide bonds. The van der Waals surface area contributed by atoms with Crippen LogP contribution in [0.2, 0.25) is 0 Å². The molecule has 7 unspecified atom stereocenters. The van der Waals surface area contributed by atoms with Crippen LogP contribution in [0.5, 0.6) is 0 Å². The first-order valence-electron chi connectivity index (χ1n) is 52.6. The maximum Gasteiger partial charge on any atom is 0.0540 e. The summed E-state index contributed by atoms with van der Waals surface area (Å²) >= 11 is 0. The highest BCUT2D eigenvalue weighted by atomic mass is 15.2. The number of benzene rings is 19. The molecule has 13 aliphatic rings. The standard InChI is InChI=1S/C140H108N2/c1-3-24-93(25-4-1)112-67-57-100(85-129(112)118-35-14-13-34-117(118)123-38-17-21-43-133(123)141(107-61-49-91(50-62-107)98-56-68-113-102(83-98)48-47-95-28-7-9-30-110(95)113)108-65-53-97(54-66-108)136-127-73-72-126-121-37-16-20-42-131(121)140(138(126)137(127)136)105-79-89-75-90(81-105)82-106(140)80-89)99-58-69-119(128(84-99)94-26-5-2-6-27-94)115-32-11-12-33-116(115)124-39-18-22-44-134(124)142(135-45-23-40-114-111-31-10-8-29-96(111)55-71-125(114)135)109-63-51-92(52-64-109)101-59-70-122-120-36-15-19-41-130(120)139(132(122)86-101)103-60-46-87-74-88(77-103)78-104(139)76-87/h1-45,47-59,61-73,83-90,103-106,112,127,129H,46,60,74-82H2/t87?,88?,89?,90?,103?,104?,105?,106?,112?,127-,129?,139?,140?/m0/s1. The molecule has 8 fully saturated rings. The zero-order chi connectivity index (χ0) is 93.0. The molecule has 19 aromatic rings. The van der Waals surface area contributed by atoms with Gasteiger partial charge in [-0.25, -0.2) is 0 Å². The van der Waals surface area contributed by atoms with Gasteiger partial charge >= 0.3 is 0 Å². The first-order chi connectivity index (χ1) is 70.3. The van der Waals surface area contributed by atoms with Crippen molar-refractivity contribution in [1.29, 1.82) is 0 Å². The van der Waals surface area contributed by atoms with E-state index in [0.29, 0.717) is 17.8 Å². The van der Waals surface area contributed by atoms with Crippen LogP contribution >= 0.6 is 0 Å². The van der Waals surface area contributed by atoms with Gasteiger partial charge in [0.1, 0.15) is 0 Å². The molecule has 8 atom stereocenters. The van der Waals surface area contributed by atoms with Gasteiger partial charge in [-0.15, -0.1) is 0 Å². The Kier molecular flexibility index (Phi) is 18.9. The first kappa shape index (κ1) is 82.4. The Bertz CT molecular complexity index is 8550. The van der Waals surface area contributed by atoms with Gasteiger partial charge in [0.2, 0.25) is 0 Å². The highest BCUT2D eigenvalue weighted by Gasteiger charge is 2.66. The largest absolute Gasteiger partial charge is 0.310 e. The van der Waals surface area contributed by atoms with Crippen LogP contribution in [0.15, 0.2) is 466 Å². The summed E-state index contributed by atoms with van der Waals surface area (Å²) in [4.78, 5) is 5.11. The Morgan fingerprint density at radius 1 is 0.232 bits per heavy atom. The molecular formula is C140H108N2. The highest BCUT2D eigenvalue weighted by Crippen LogP contribution is 2.75. The molecule has 2 spiro atoms. The number of rotatable bonds is 16. The van der Waals surface area contributed by atoms with E-state index in [9.17, 15) is 0 Å². The highest BCUT2D eigenvalue weighted by molar-refractivity contribution is 6.14. The smallest absolute Gasteiger partial charge is 0.0540 e. The van der Waals surface area contributed by atoms with Gasteiger partial charge < -0.3 is 9.80 Å². The van der Waals surface area contributed by atoms with Gasteiger partial charge in [-0.2, -0.15) is 0 Å². The molecular weight excluding hydrogens is 1710 g/mol. The zero-order valence-electron chi connectivity index (χ0n) is 79.8. The fourth-order valence-electron chi connectivity index (χ4n) is 31.0. The predicted molar refractivity (Wildman–Crippen MR) is 593 cm³/mol. The van der Waals surface area contributed by atoms with Crippen LogP contribution in [0.3, 0.4) is 0 Å². The molecule has 8 bridgehead atoms. The Morgan fingerprint density at radius 2 is 0.704 bits per heavy atom. The summed E-state index contributed by atoms with van der Waals surface area (Å²) in [5.41, 5.74) is 43.2. The van der Waals surface area contributed by atoms with Crippen molar-refractivity contribution in [2.24, 2.45) is 53.3 Å². The van der Waals surface area contributed by atoms with Crippen LogP contribution in [0.25, 0.3) is 138 Å². The van der Waals surface area contributed by atoms with Crippen LogP contribution in [-0.2, 0) is 10.8 Å². The third-order valence-corrected chi connectivity index (χ3v) is 36.5. The Hall–Kier alpha value is -15.5. The molecule has 8 saturated carbocycles. The van der Waals surface area contributed by atoms with E-state index in [0.717, 1.165) is 80.8 Å². The Balaban J connectivity index is 0.527. The van der Waals surface area contributed by atoms with E-state index < -0.39 is 0 Å². The van der Waals surface area contributed by atoms with Gasteiger partial charge in [0, 0.05) is 62.2 Å². The number of anilines is 6. The van der Waals surface area contributed by atoms with Gasteiger partial charge in [-0.3, -0.25) is 0 Å². The summed E-state index contributed by atoms with van der Waals surface area (Å²) in [7, 11) is 0. The average Bonchev–Trinajstić information content (AvgIpc) is 1.49. The first-order valence-corrected chi connectivity index (χ1v) is 52.6. The zero-order valence-corrected chi connectivity index (χ0v) is 79.8. The van der Waals surface area contributed by atoms with Gasteiger partial charge in [-0.05, 0) is 361 Å². The molecule has 0 heterocycles. The number of fused-ring (bicyclic) bond motifs is 14. The van der Waals surface area contributed by atoms with Gasteiger partial charge in [0.25, 0.3) is 0 Å². The van der Waals surface area contributed by atoms with Crippen molar-refractivity contribution in [3.8, 4) is 77.9 Å². The maximum atomic E-state index is 2.66. The SMILES string of the molecule is C1=CC(c2ccccc2)C(c2ccccc2-c2ccccc2N(c2ccc(C3=C4C5=C(C=C[C@H]43)c3ccccc3C53C4CC5CC(C4)CC3C5)cc2)c2ccc(-c3ccc4c(ccc5ccccc54)c3)cc2)C=C1c1ccc(-c2ccccc2-c2ccccc2N(c2ccc(-c3ccc4c(c3)C3(c5ccccc5-4)C4CCC5CC(C4)CC3C5)cc2)c2cccc3c2ccc2ccccc23)c(-c2ccccc2)c1. The fourth-order valence-corrected chi connectivity index (χ4v) is 31.0. The van der Waals surface area contributed by atoms with Gasteiger partial charge in [0.15, 0.2) is 0 Å². The minimum absolute atomic E-state index is 0.0284. The lowest BCUT2D eigenvalue weighted by Crippen LogP contribution is -2.55. The summed E-state index contributed by atoms with van der Waals surface area (Å²) in [5.74, 6) is 6.64. The van der Waals surface area contributed by atoms with Crippen LogP contribution in [0.4, 0.5) is 34.1 Å². The Labute approximate surface area is 832 Å². The van der Waals surface area contributed by atoms with E-state index in [2.05, 4.69) is 465 Å². The summed E-state index contributed by atoms with van der Waals surface area (Å²) < 4.78 is 0. The maximum absolute atomic E-state index is 2.66. The van der Waals surface area contributed by atoms with E-state index in [4.69, 9.17) is 0 Å².